The average molecular weight is 456 g/mol. The lowest BCUT2D eigenvalue weighted by Gasteiger charge is -2.27. The molecule has 8 nitrogen and oxygen atoms in total. The van der Waals surface area contributed by atoms with Gasteiger partial charge in [0.05, 0.1) is 24.4 Å². The number of carbonyl (C=O) groups is 2. The summed E-state index contributed by atoms with van der Waals surface area (Å²) >= 11 is 0. The molecule has 0 bridgehead atoms. The standard InChI is InChI=1S/C26H20N2O6/c1-14-8-9-18(29)17(11-14)28-22(16-6-4-10-27-13-16)21(24(31)26(28)32)23(30)20-12-15-5-3-7-19(33-2)25(15)34-20/h3-13,22,29,31H,1-2H3. The van der Waals surface area contributed by atoms with Gasteiger partial charge in [0.1, 0.15) is 5.75 Å². The van der Waals surface area contributed by atoms with E-state index in [9.17, 15) is 19.8 Å². The van der Waals surface area contributed by atoms with Crippen molar-refractivity contribution in [3.63, 3.8) is 0 Å². The van der Waals surface area contributed by atoms with Gasteiger partial charge in [0.25, 0.3) is 5.91 Å². The van der Waals surface area contributed by atoms with Crippen molar-refractivity contribution >= 4 is 28.3 Å². The average Bonchev–Trinajstić information content (AvgIpc) is 3.40. The number of carbonyl (C=O) groups excluding carboxylic acids is 2. The number of aliphatic hydroxyl groups excluding tert-OH is 1. The molecule has 1 aliphatic rings. The summed E-state index contributed by atoms with van der Waals surface area (Å²) in [5.74, 6) is -1.96. The molecule has 0 fully saturated rings. The van der Waals surface area contributed by atoms with Crippen molar-refractivity contribution in [1.82, 2.24) is 4.98 Å². The van der Waals surface area contributed by atoms with Gasteiger partial charge in [-0.15, -0.1) is 0 Å². The van der Waals surface area contributed by atoms with Crippen LogP contribution in [0.3, 0.4) is 0 Å². The number of aliphatic hydroxyl groups is 1. The maximum atomic E-state index is 13.7. The van der Waals surface area contributed by atoms with Gasteiger partial charge in [0.15, 0.2) is 22.9 Å². The molecule has 1 atom stereocenters. The molecule has 0 radical (unpaired) electrons. The number of para-hydroxylation sites is 1. The van der Waals surface area contributed by atoms with Crippen molar-refractivity contribution in [2.45, 2.75) is 13.0 Å². The topological polar surface area (TPSA) is 113 Å². The third kappa shape index (κ3) is 3.27. The molecule has 0 saturated carbocycles. The molecule has 2 N–H and O–H groups in total. The van der Waals surface area contributed by atoms with Crippen LogP contribution in [-0.2, 0) is 4.79 Å². The van der Waals surface area contributed by atoms with E-state index in [4.69, 9.17) is 9.15 Å². The number of nitrogens with zero attached hydrogens (tertiary/aromatic N) is 2. The summed E-state index contributed by atoms with van der Waals surface area (Å²) < 4.78 is 11.1. The van der Waals surface area contributed by atoms with Crippen LogP contribution in [0.2, 0.25) is 0 Å². The van der Waals surface area contributed by atoms with E-state index in [1.54, 1.807) is 48.7 Å². The number of amides is 1. The minimum Gasteiger partial charge on any atom is -0.506 e. The predicted molar refractivity (Wildman–Crippen MR) is 124 cm³/mol. The smallest absolute Gasteiger partial charge is 0.294 e. The first-order valence-corrected chi connectivity index (χ1v) is 10.5. The summed E-state index contributed by atoms with van der Waals surface area (Å²) in [4.78, 5) is 32.2. The maximum Gasteiger partial charge on any atom is 0.294 e. The van der Waals surface area contributed by atoms with Crippen LogP contribution in [0.1, 0.15) is 27.7 Å². The number of furan rings is 1. The molecule has 4 aromatic rings. The first-order chi connectivity index (χ1) is 16.4. The number of Topliss-reactive ketones (excluding diaryl/α,β-unsaturated/α-hetero) is 1. The van der Waals surface area contributed by atoms with E-state index >= 15 is 0 Å². The summed E-state index contributed by atoms with van der Waals surface area (Å²) in [5, 5.41) is 22.1. The van der Waals surface area contributed by atoms with E-state index in [1.807, 2.05) is 6.92 Å². The van der Waals surface area contributed by atoms with Gasteiger partial charge in [0.2, 0.25) is 5.78 Å². The molecule has 34 heavy (non-hydrogen) atoms. The Labute approximate surface area is 194 Å². The zero-order valence-corrected chi connectivity index (χ0v) is 18.4. The zero-order valence-electron chi connectivity index (χ0n) is 18.4. The number of benzene rings is 2. The Morgan fingerprint density at radius 1 is 1.12 bits per heavy atom. The van der Waals surface area contributed by atoms with Gasteiger partial charge < -0.3 is 19.4 Å². The van der Waals surface area contributed by atoms with Crippen molar-refractivity contribution in [3.05, 3.63) is 95.2 Å². The van der Waals surface area contributed by atoms with E-state index in [0.29, 0.717) is 22.3 Å². The molecule has 0 aliphatic carbocycles. The molecule has 0 spiro atoms. The van der Waals surface area contributed by atoms with Gasteiger partial charge in [-0.25, -0.2) is 0 Å². The summed E-state index contributed by atoms with van der Waals surface area (Å²) in [7, 11) is 1.49. The number of pyridine rings is 1. The van der Waals surface area contributed by atoms with Crippen LogP contribution in [-0.4, -0.2) is 34.0 Å². The van der Waals surface area contributed by atoms with Crippen LogP contribution in [0.25, 0.3) is 11.0 Å². The van der Waals surface area contributed by atoms with Gasteiger partial charge in [-0.1, -0.05) is 24.3 Å². The summed E-state index contributed by atoms with van der Waals surface area (Å²) in [6.45, 7) is 1.81. The lowest BCUT2D eigenvalue weighted by atomic mass is 9.95. The van der Waals surface area contributed by atoms with Gasteiger partial charge >= 0.3 is 0 Å². The maximum absolute atomic E-state index is 13.7. The monoisotopic (exact) mass is 456 g/mol. The zero-order chi connectivity index (χ0) is 24.0. The molecule has 170 valence electrons. The number of fused-ring (bicyclic) bond motifs is 1. The van der Waals surface area contributed by atoms with E-state index in [0.717, 1.165) is 5.56 Å². The highest BCUT2D eigenvalue weighted by molar-refractivity contribution is 6.21. The molecule has 3 heterocycles. The van der Waals surface area contributed by atoms with E-state index in [2.05, 4.69) is 4.98 Å². The number of aromatic hydroxyl groups is 1. The Morgan fingerprint density at radius 2 is 1.94 bits per heavy atom. The fourth-order valence-corrected chi connectivity index (χ4v) is 4.21. The highest BCUT2D eigenvalue weighted by atomic mass is 16.5. The Bertz CT molecular complexity index is 1470. The van der Waals surface area contributed by atoms with Crippen molar-refractivity contribution in [2.75, 3.05) is 12.0 Å². The lowest BCUT2D eigenvalue weighted by Crippen LogP contribution is -2.31. The second-order valence-corrected chi connectivity index (χ2v) is 7.94. The fourth-order valence-electron chi connectivity index (χ4n) is 4.21. The Balaban J connectivity index is 1.68. The first kappa shape index (κ1) is 21.3. The molecule has 5 rings (SSSR count). The van der Waals surface area contributed by atoms with Crippen LogP contribution in [0.4, 0.5) is 5.69 Å². The van der Waals surface area contributed by atoms with Gasteiger partial charge in [-0.05, 0) is 48.4 Å². The van der Waals surface area contributed by atoms with Crippen molar-refractivity contribution in [1.29, 1.82) is 0 Å². The van der Waals surface area contributed by atoms with Crippen LogP contribution in [0.15, 0.2) is 82.7 Å². The number of anilines is 1. The molecule has 1 amide bonds. The Kier molecular flexibility index (Phi) is 5.05. The minimum atomic E-state index is -1.03. The third-order valence-electron chi connectivity index (χ3n) is 5.80. The van der Waals surface area contributed by atoms with Crippen molar-refractivity contribution < 1.29 is 29.0 Å². The molecule has 1 aliphatic heterocycles. The molecule has 8 heteroatoms. The number of rotatable bonds is 5. The molecule has 2 aromatic carbocycles. The van der Waals surface area contributed by atoms with Gasteiger partial charge in [0, 0.05) is 17.8 Å². The molecule has 1 unspecified atom stereocenters. The summed E-state index contributed by atoms with van der Waals surface area (Å²) in [6, 6.07) is 13.9. The molecule has 2 aromatic heterocycles. The third-order valence-corrected chi connectivity index (χ3v) is 5.80. The number of phenols is 1. The highest BCUT2D eigenvalue weighted by Crippen LogP contribution is 2.45. The Hall–Kier alpha value is -4.59. The SMILES string of the molecule is COc1cccc2cc(C(=O)C3=C(O)C(=O)N(c4cc(C)ccc4O)C3c3cccnc3)oc12. The Morgan fingerprint density at radius 3 is 2.68 bits per heavy atom. The lowest BCUT2D eigenvalue weighted by molar-refractivity contribution is -0.117. The number of phenolic OH excluding ortho intramolecular Hbond substituents is 1. The number of ketones is 1. The summed E-state index contributed by atoms with van der Waals surface area (Å²) in [6.07, 6.45) is 3.07. The van der Waals surface area contributed by atoms with Crippen molar-refractivity contribution in [2.24, 2.45) is 0 Å². The number of methoxy groups -OCH3 is 1. The largest absolute Gasteiger partial charge is 0.506 e. The van der Waals surface area contributed by atoms with Crippen LogP contribution in [0.5, 0.6) is 11.5 Å². The van der Waals surface area contributed by atoms with Gasteiger partial charge in [-0.2, -0.15) is 0 Å². The van der Waals surface area contributed by atoms with Crippen LogP contribution in [0, 0.1) is 6.92 Å². The number of hydrogen-bond acceptors (Lipinski definition) is 7. The normalized spacial score (nSPS) is 15.9. The molecule has 0 saturated heterocycles. The predicted octanol–water partition coefficient (Wildman–Crippen LogP) is 4.63. The van der Waals surface area contributed by atoms with E-state index < -0.39 is 23.5 Å². The highest BCUT2D eigenvalue weighted by Gasteiger charge is 2.46. The number of ether oxygens (including phenoxy) is 1. The van der Waals surface area contributed by atoms with Crippen molar-refractivity contribution in [3.8, 4) is 11.5 Å². The fraction of sp³-hybridized carbons (Fsp3) is 0.115. The quantitative estimate of drug-likeness (QED) is 0.421. The van der Waals surface area contributed by atoms with E-state index in [1.165, 1.54) is 30.3 Å². The molecular formula is C26H20N2O6. The van der Waals surface area contributed by atoms with Crippen LogP contribution < -0.4 is 9.64 Å². The molecular weight excluding hydrogens is 436 g/mol. The number of hydrogen-bond donors (Lipinski definition) is 2. The first-order valence-electron chi connectivity index (χ1n) is 10.5. The second-order valence-electron chi connectivity index (χ2n) is 7.94. The van der Waals surface area contributed by atoms with E-state index in [-0.39, 0.29) is 22.8 Å². The van der Waals surface area contributed by atoms with Gasteiger partial charge in [-0.3, -0.25) is 19.5 Å². The summed E-state index contributed by atoms with van der Waals surface area (Å²) in [5.41, 5.74) is 1.65. The number of aromatic nitrogens is 1. The van der Waals surface area contributed by atoms with Crippen LogP contribution >= 0.6 is 0 Å². The minimum absolute atomic E-state index is 0.0574. The number of aryl methyl sites for hydroxylation is 1. The second kappa shape index (κ2) is 8.08.